The number of aromatic hydroxyl groups is 1. The Morgan fingerprint density at radius 3 is 2.61 bits per heavy atom. The summed E-state index contributed by atoms with van der Waals surface area (Å²) in [5, 5.41) is 10.2. The van der Waals surface area contributed by atoms with Crippen molar-refractivity contribution in [3.63, 3.8) is 0 Å². The first-order valence-corrected chi connectivity index (χ1v) is 10.1. The van der Waals surface area contributed by atoms with E-state index in [0.717, 1.165) is 31.7 Å². The molecule has 1 N–H and O–H groups in total. The van der Waals surface area contributed by atoms with Crippen LogP contribution >= 0.6 is 0 Å². The molecule has 0 unspecified atom stereocenters. The summed E-state index contributed by atoms with van der Waals surface area (Å²) in [6, 6.07) is 15.7. The fraction of sp³-hybridized carbons (Fsp3) is 0.435. The molecule has 0 aliphatic carbocycles. The van der Waals surface area contributed by atoms with Gasteiger partial charge in [-0.1, -0.05) is 24.3 Å². The topological polar surface area (TPSA) is 53.0 Å². The van der Waals surface area contributed by atoms with Gasteiger partial charge in [0.1, 0.15) is 11.5 Å². The van der Waals surface area contributed by atoms with E-state index in [0.29, 0.717) is 24.1 Å². The number of likely N-dealkylation sites (tertiary alicyclic amines) is 1. The Morgan fingerprint density at radius 1 is 1.07 bits per heavy atom. The first kappa shape index (κ1) is 17.6. The van der Waals surface area contributed by atoms with Crippen LogP contribution in [0, 0.1) is 5.92 Å². The lowest BCUT2D eigenvalue weighted by Crippen LogP contribution is -2.60. The lowest BCUT2D eigenvalue weighted by atomic mass is 9.75. The van der Waals surface area contributed by atoms with Crippen LogP contribution in [0.15, 0.2) is 48.5 Å². The number of carbonyl (C=O) groups excluding carboxylic acids is 1. The quantitative estimate of drug-likeness (QED) is 0.892. The molecule has 2 aromatic rings. The molecule has 4 fully saturated rings. The van der Waals surface area contributed by atoms with Crippen LogP contribution in [0.4, 0.5) is 0 Å². The normalized spacial score (nSPS) is 30.9. The number of methoxy groups -OCH3 is 1. The number of piperidine rings is 3. The van der Waals surface area contributed by atoms with Gasteiger partial charge in [-0.05, 0) is 61.7 Å². The minimum absolute atomic E-state index is 0.0488. The van der Waals surface area contributed by atoms with E-state index in [9.17, 15) is 9.90 Å². The van der Waals surface area contributed by atoms with Crippen molar-refractivity contribution in [1.29, 1.82) is 0 Å². The maximum absolute atomic E-state index is 13.4. The van der Waals surface area contributed by atoms with Crippen LogP contribution in [-0.4, -0.2) is 59.6 Å². The zero-order chi connectivity index (χ0) is 19.3. The van der Waals surface area contributed by atoms with Crippen molar-refractivity contribution >= 4 is 5.91 Å². The molecule has 5 nitrogen and oxygen atoms in total. The fourth-order valence-corrected chi connectivity index (χ4v) is 5.63. The van der Waals surface area contributed by atoms with E-state index in [4.69, 9.17) is 4.74 Å². The Hall–Kier alpha value is -2.53. The van der Waals surface area contributed by atoms with Crippen molar-refractivity contribution in [2.24, 2.45) is 5.92 Å². The molecule has 4 aliphatic rings. The molecule has 4 saturated heterocycles. The van der Waals surface area contributed by atoms with Gasteiger partial charge < -0.3 is 14.7 Å². The van der Waals surface area contributed by atoms with Gasteiger partial charge in [0.25, 0.3) is 5.91 Å². The summed E-state index contributed by atoms with van der Waals surface area (Å²) in [4.78, 5) is 18.0. The summed E-state index contributed by atoms with van der Waals surface area (Å²) in [6.07, 6.45) is 2.30. The molecule has 146 valence electrons. The van der Waals surface area contributed by atoms with Crippen molar-refractivity contribution in [3.05, 3.63) is 59.7 Å². The average Bonchev–Trinajstić information content (AvgIpc) is 3.17. The maximum atomic E-state index is 13.4. The average molecular weight is 378 g/mol. The van der Waals surface area contributed by atoms with Crippen LogP contribution in [0.2, 0.25) is 0 Å². The number of para-hydroxylation sites is 1. The number of amides is 1. The second-order valence-electron chi connectivity index (χ2n) is 8.21. The first-order chi connectivity index (χ1) is 13.7. The van der Waals surface area contributed by atoms with E-state index in [1.54, 1.807) is 25.3 Å². The molecule has 1 amide bonds. The molecule has 0 saturated carbocycles. The second kappa shape index (κ2) is 6.82. The Kier molecular flexibility index (Phi) is 4.27. The highest BCUT2D eigenvalue weighted by Gasteiger charge is 2.54. The zero-order valence-corrected chi connectivity index (χ0v) is 16.1. The van der Waals surface area contributed by atoms with Crippen LogP contribution in [-0.2, 0) is 0 Å². The Balaban J connectivity index is 1.54. The molecule has 28 heavy (non-hydrogen) atoms. The SMILES string of the molecule is COc1cccc([C@@H]2CN(C(=O)c3ccccc3O)[C@H]3C4CCN(CC4)[C@@H]23)c1. The molecule has 0 radical (unpaired) electrons. The highest BCUT2D eigenvalue weighted by molar-refractivity contribution is 5.97. The minimum atomic E-state index is -0.0488. The number of ether oxygens (including phenoxy) is 1. The van der Waals surface area contributed by atoms with E-state index in [-0.39, 0.29) is 23.6 Å². The van der Waals surface area contributed by atoms with Gasteiger partial charge in [-0.15, -0.1) is 0 Å². The minimum Gasteiger partial charge on any atom is -0.507 e. The van der Waals surface area contributed by atoms with Crippen LogP contribution in [0.3, 0.4) is 0 Å². The maximum Gasteiger partial charge on any atom is 0.257 e. The number of hydrogen-bond acceptors (Lipinski definition) is 4. The third-order valence-corrected chi connectivity index (χ3v) is 6.91. The van der Waals surface area contributed by atoms with Crippen LogP contribution in [0.1, 0.15) is 34.7 Å². The molecular formula is C23H26N2O3. The Morgan fingerprint density at radius 2 is 1.86 bits per heavy atom. The van der Waals surface area contributed by atoms with Crippen molar-refractivity contribution < 1.29 is 14.6 Å². The number of rotatable bonds is 3. The highest BCUT2D eigenvalue weighted by Crippen LogP contribution is 2.47. The lowest BCUT2D eigenvalue weighted by Gasteiger charge is -2.51. The summed E-state index contributed by atoms with van der Waals surface area (Å²) in [6.45, 7) is 2.92. The summed E-state index contributed by atoms with van der Waals surface area (Å²) < 4.78 is 5.44. The molecule has 2 aromatic carbocycles. The predicted molar refractivity (Wildman–Crippen MR) is 107 cm³/mol. The van der Waals surface area contributed by atoms with Gasteiger partial charge in [0, 0.05) is 18.5 Å². The second-order valence-corrected chi connectivity index (χ2v) is 8.21. The molecule has 6 rings (SSSR count). The smallest absolute Gasteiger partial charge is 0.257 e. The number of hydrogen-bond donors (Lipinski definition) is 1. The summed E-state index contributed by atoms with van der Waals surface area (Å²) in [5.74, 6) is 1.68. The molecule has 0 spiro atoms. The third kappa shape index (κ3) is 2.68. The number of benzene rings is 2. The van der Waals surface area contributed by atoms with Gasteiger partial charge in [0.2, 0.25) is 0 Å². The van der Waals surface area contributed by atoms with Crippen LogP contribution < -0.4 is 4.74 Å². The van der Waals surface area contributed by atoms with Gasteiger partial charge in [0.05, 0.1) is 18.7 Å². The van der Waals surface area contributed by atoms with E-state index in [2.05, 4.69) is 17.0 Å². The largest absolute Gasteiger partial charge is 0.507 e. The van der Waals surface area contributed by atoms with Gasteiger partial charge in [-0.2, -0.15) is 0 Å². The van der Waals surface area contributed by atoms with E-state index in [1.165, 1.54) is 5.56 Å². The van der Waals surface area contributed by atoms with E-state index >= 15 is 0 Å². The molecule has 4 heterocycles. The van der Waals surface area contributed by atoms with Crippen molar-refractivity contribution in [2.75, 3.05) is 26.7 Å². The highest BCUT2D eigenvalue weighted by atomic mass is 16.5. The van der Waals surface area contributed by atoms with Crippen LogP contribution in [0.25, 0.3) is 0 Å². The van der Waals surface area contributed by atoms with E-state index in [1.807, 2.05) is 23.1 Å². The summed E-state index contributed by atoms with van der Waals surface area (Å²) in [5.41, 5.74) is 1.64. The third-order valence-electron chi connectivity index (χ3n) is 6.91. The summed E-state index contributed by atoms with van der Waals surface area (Å²) >= 11 is 0. The standard InChI is InChI=1S/C23H26N2O3/c1-28-17-6-4-5-16(13-17)19-14-25(23(27)18-7-2-3-8-20(18)26)21-15-9-11-24(12-10-15)22(19)21/h2-8,13,15,19,21-22,26H,9-12,14H2,1H3/t19-,21-,22-/m0/s1. The van der Waals surface area contributed by atoms with Gasteiger partial charge >= 0.3 is 0 Å². The van der Waals surface area contributed by atoms with Gasteiger partial charge in [-0.25, -0.2) is 0 Å². The molecular weight excluding hydrogens is 352 g/mol. The fourth-order valence-electron chi connectivity index (χ4n) is 5.63. The van der Waals surface area contributed by atoms with Crippen molar-refractivity contribution in [3.8, 4) is 11.5 Å². The monoisotopic (exact) mass is 378 g/mol. The zero-order valence-electron chi connectivity index (χ0n) is 16.1. The van der Waals surface area contributed by atoms with Gasteiger partial charge in [-0.3, -0.25) is 9.69 Å². The Bertz CT molecular complexity index is 891. The van der Waals surface area contributed by atoms with Gasteiger partial charge in [0.15, 0.2) is 0 Å². The molecule has 2 bridgehead atoms. The molecule has 3 atom stereocenters. The van der Waals surface area contributed by atoms with E-state index < -0.39 is 0 Å². The Labute approximate surface area is 165 Å². The van der Waals surface area contributed by atoms with Crippen LogP contribution in [0.5, 0.6) is 11.5 Å². The lowest BCUT2D eigenvalue weighted by molar-refractivity contribution is -0.00349. The van der Waals surface area contributed by atoms with Crippen molar-refractivity contribution in [1.82, 2.24) is 9.80 Å². The molecule has 4 aliphatic heterocycles. The molecule has 5 heteroatoms. The number of fused-ring (bicyclic) bond motifs is 2. The number of nitrogens with zero attached hydrogens (tertiary/aromatic N) is 2. The number of phenolic OH excluding ortho intramolecular Hbond substituents is 1. The number of phenols is 1. The first-order valence-electron chi connectivity index (χ1n) is 10.1. The number of carbonyl (C=O) groups is 1. The van der Waals surface area contributed by atoms with Crippen molar-refractivity contribution in [2.45, 2.75) is 30.8 Å². The summed E-state index contributed by atoms with van der Waals surface area (Å²) in [7, 11) is 1.69. The molecule has 0 aromatic heterocycles. The predicted octanol–water partition coefficient (Wildman–Crippen LogP) is 3.10.